The lowest BCUT2D eigenvalue weighted by molar-refractivity contribution is 0.0686. The number of carbonyl (C=O) groups is 3. The highest BCUT2D eigenvalue weighted by Gasteiger charge is 2.18. The number of nitrogens with zero attached hydrogens (tertiary/aromatic N) is 7. The maximum Gasteiger partial charge on any atom is 0.335 e. The van der Waals surface area contributed by atoms with E-state index in [0.29, 0.717) is 56.6 Å². The smallest absolute Gasteiger partial charge is 0.335 e. The van der Waals surface area contributed by atoms with E-state index in [4.69, 9.17) is 33.3 Å². The van der Waals surface area contributed by atoms with Crippen LogP contribution in [0.2, 0.25) is 0 Å². The first-order valence-corrected chi connectivity index (χ1v) is 22.4. The van der Waals surface area contributed by atoms with Crippen LogP contribution in [-0.4, -0.2) is 97.4 Å². The van der Waals surface area contributed by atoms with Crippen molar-refractivity contribution in [2.75, 3.05) is 49.2 Å². The number of rotatable bonds is 9. The Balaban J connectivity index is 0.000000122. The van der Waals surface area contributed by atoms with Crippen molar-refractivity contribution in [1.82, 2.24) is 24.7 Å². The molecule has 2 fully saturated rings. The van der Waals surface area contributed by atoms with E-state index in [1.165, 1.54) is 18.9 Å². The quantitative estimate of drug-likeness (QED) is 0.122. The summed E-state index contributed by atoms with van der Waals surface area (Å²) in [5.74, 6) is -1.65. The van der Waals surface area contributed by atoms with E-state index < -0.39 is 17.9 Å². The second-order valence-electron chi connectivity index (χ2n) is 16.4. The molecule has 0 saturated carbocycles. The molecule has 0 spiro atoms. The Bertz CT molecular complexity index is 3510. The molecule has 17 heteroatoms. The van der Waals surface area contributed by atoms with Crippen molar-refractivity contribution in [3.63, 3.8) is 0 Å². The van der Waals surface area contributed by atoms with Crippen LogP contribution >= 0.6 is 0 Å². The number of ether oxygens (including phenoxy) is 1. The van der Waals surface area contributed by atoms with E-state index >= 15 is 0 Å². The zero-order valence-electron chi connectivity index (χ0n) is 37.3. The molecule has 2 aliphatic rings. The predicted octanol–water partition coefficient (Wildman–Crippen LogP) is 10.2. The van der Waals surface area contributed by atoms with Crippen molar-refractivity contribution in [3.05, 3.63) is 163 Å². The molecule has 3 N–H and O–H groups in total. The fourth-order valence-corrected chi connectivity index (χ4v) is 8.22. The van der Waals surface area contributed by atoms with Crippen LogP contribution in [0.1, 0.15) is 43.9 Å². The van der Waals surface area contributed by atoms with Gasteiger partial charge in [0, 0.05) is 78.8 Å². The molecule has 70 heavy (non-hydrogen) atoms. The lowest BCUT2D eigenvalue weighted by atomic mass is 10.1. The van der Waals surface area contributed by atoms with Crippen molar-refractivity contribution in [3.8, 4) is 40.0 Å². The Hall–Kier alpha value is -9.09. The summed E-state index contributed by atoms with van der Waals surface area (Å²) in [4.78, 5) is 51.3. The van der Waals surface area contributed by atoms with Gasteiger partial charge in [-0.05, 0) is 116 Å². The molecule has 0 amide bonds. The maximum absolute atomic E-state index is 11.1. The van der Waals surface area contributed by atoms with E-state index in [1.54, 1.807) is 77.6 Å². The Labute approximate surface area is 398 Å². The van der Waals surface area contributed by atoms with Gasteiger partial charge >= 0.3 is 17.9 Å². The number of carboxylic acids is 3. The lowest BCUT2D eigenvalue weighted by Crippen LogP contribution is -2.36. The van der Waals surface area contributed by atoms with E-state index in [2.05, 4.69) is 35.9 Å². The minimum absolute atomic E-state index is 0.196. The summed E-state index contributed by atoms with van der Waals surface area (Å²) in [7, 11) is 0. The molecular formula is C53H43N7O10. The minimum Gasteiger partial charge on any atom is -0.478 e. The van der Waals surface area contributed by atoms with E-state index in [9.17, 15) is 14.4 Å². The van der Waals surface area contributed by atoms with E-state index in [0.717, 1.165) is 67.5 Å². The van der Waals surface area contributed by atoms with Gasteiger partial charge in [0.1, 0.15) is 16.6 Å². The van der Waals surface area contributed by atoms with Crippen molar-refractivity contribution in [1.29, 1.82) is 0 Å². The molecule has 350 valence electrons. The van der Waals surface area contributed by atoms with Gasteiger partial charge in [-0.15, -0.1) is 0 Å². The SMILES string of the molecule is O=C(O)c1cccc(-c2nc3cc(N4CCCC4)ccc3o2)c1.O=C(O)c1cccc(-c2nc3ccc(-n4cccn4)cc3o2)c1.O=C(O)c1cccc(-c2nc3ccc(N4CCOCC4)cc3o2)c1. The number of hydrogen-bond acceptors (Lipinski definition) is 13. The standard InChI is InChI=1S/C18H16N2O4.C18H16N2O3.C17H11N3O3/c21-18(22)13-3-1-2-12(10-13)17-19-15-5-4-14(11-16(15)24-17)20-6-8-23-9-7-20;21-18(22)13-5-3-4-12(10-13)17-19-15-11-14(6-7-16(15)23-17)20-8-1-2-9-20;21-17(22)12-4-1-3-11(9-12)16-19-14-6-5-13(10-15(14)23-16)20-8-2-7-18-20/h1-5,10-11H,6-9H2,(H,21,22);3-7,10-11H,1-2,8-9H2,(H,21,22);1-10H,(H,21,22). The summed E-state index contributed by atoms with van der Waals surface area (Å²) in [6.45, 7) is 5.32. The van der Waals surface area contributed by atoms with Crippen molar-refractivity contribution in [2.45, 2.75) is 12.8 Å². The molecular weight excluding hydrogens is 895 g/mol. The third kappa shape index (κ3) is 9.81. The number of hydrogen-bond donors (Lipinski definition) is 3. The number of benzene rings is 6. The largest absolute Gasteiger partial charge is 0.478 e. The maximum atomic E-state index is 11.1. The van der Waals surface area contributed by atoms with Crippen LogP contribution in [0.25, 0.3) is 73.3 Å². The molecule has 2 aliphatic heterocycles. The van der Waals surface area contributed by atoms with Gasteiger partial charge in [-0.1, -0.05) is 18.2 Å². The summed E-state index contributed by atoms with van der Waals surface area (Å²) in [6, 6.07) is 39.1. The van der Waals surface area contributed by atoms with Gasteiger partial charge in [0.15, 0.2) is 16.7 Å². The van der Waals surface area contributed by atoms with Crippen molar-refractivity contribution in [2.24, 2.45) is 0 Å². The highest BCUT2D eigenvalue weighted by atomic mass is 16.5. The van der Waals surface area contributed by atoms with Crippen LogP contribution in [0.5, 0.6) is 0 Å². The summed E-state index contributed by atoms with van der Waals surface area (Å²) >= 11 is 0. The first kappa shape index (κ1) is 44.7. The lowest BCUT2D eigenvalue weighted by Gasteiger charge is -2.28. The molecule has 0 radical (unpaired) electrons. The van der Waals surface area contributed by atoms with Crippen LogP contribution in [0.15, 0.2) is 159 Å². The number of morpholine rings is 1. The normalized spacial score (nSPS) is 13.5. The molecule has 2 saturated heterocycles. The highest BCUT2D eigenvalue weighted by molar-refractivity contribution is 5.91. The predicted molar refractivity (Wildman–Crippen MR) is 261 cm³/mol. The first-order valence-electron chi connectivity index (χ1n) is 22.4. The molecule has 0 aliphatic carbocycles. The fourth-order valence-electron chi connectivity index (χ4n) is 8.22. The first-order chi connectivity index (χ1) is 34.1. The Morgan fingerprint density at radius 3 is 1.43 bits per heavy atom. The van der Waals surface area contributed by atoms with E-state index in [-0.39, 0.29) is 16.7 Å². The molecule has 6 heterocycles. The summed E-state index contributed by atoms with van der Waals surface area (Å²) in [5, 5.41) is 31.5. The average molecular weight is 938 g/mol. The Kier molecular flexibility index (Phi) is 12.5. The topological polar surface area (TPSA) is 224 Å². The molecule has 6 aromatic carbocycles. The van der Waals surface area contributed by atoms with Crippen molar-refractivity contribution < 1.29 is 47.7 Å². The van der Waals surface area contributed by atoms with Gasteiger partial charge < -0.3 is 43.1 Å². The van der Waals surface area contributed by atoms with Crippen LogP contribution in [0.4, 0.5) is 11.4 Å². The third-order valence-electron chi connectivity index (χ3n) is 11.8. The highest BCUT2D eigenvalue weighted by Crippen LogP contribution is 2.31. The number of aromatic nitrogens is 5. The van der Waals surface area contributed by atoms with Gasteiger partial charge in [0.05, 0.1) is 35.6 Å². The van der Waals surface area contributed by atoms with E-state index in [1.807, 2.05) is 60.8 Å². The van der Waals surface area contributed by atoms with Crippen molar-refractivity contribution >= 4 is 62.6 Å². The average Bonchev–Trinajstić information content (AvgIpc) is 4.26. The Morgan fingerprint density at radius 2 is 0.914 bits per heavy atom. The molecule has 17 nitrogen and oxygen atoms in total. The molecule has 10 aromatic rings. The molecule has 0 atom stereocenters. The number of anilines is 2. The van der Waals surface area contributed by atoms with Crippen LogP contribution < -0.4 is 9.80 Å². The fraction of sp³-hybridized carbons (Fsp3) is 0.151. The Morgan fingerprint density at radius 1 is 0.457 bits per heavy atom. The summed E-state index contributed by atoms with van der Waals surface area (Å²) < 4.78 is 24.5. The number of oxazole rings is 3. The molecule has 12 rings (SSSR count). The summed E-state index contributed by atoms with van der Waals surface area (Å²) in [5.41, 5.74) is 9.96. The van der Waals surface area contributed by atoms with Crippen LogP contribution in [0.3, 0.4) is 0 Å². The number of fused-ring (bicyclic) bond motifs is 3. The zero-order chi connectivity index (χ0) is 48.1. The monoisotopic (exact) mass is 937 g/mol. The third-order valence-corrected chi connectivity index (χ3v) is 11.8. The zero-order valence-corrected chi connectivity index (χ0v) is 37.3. The second kappa shape index (κ2) is 19.6. The van der Waals surface area contributed by atoms with Gasteiger partial charge in [0.2, 0.25) is 17.7 Å². The minimum atomic E-state index is -0.982. The van der Waals surface area contributed by atoms with Gasteiger partial charge in [-0.2, -0.15) is 5.10 Å². The van der Waals surface area contributed by atoms with Gasteiger partial charge in [0.25, 0.3) is 0 Å². The second-order valence-corrected chi connectivity index (χ2v) is 16.4. The molecule has 0 unspecified atom stereocenters. The van der Waals surface area contributed by atoms with Gasteiger partial charge in [-0.3, -0.25) is 0 Å². The number of aromatic carboxylic acids is 3. The van der Waals surface area contributed by atoms with Crippen LogP contribution in [-0.2, 0) is 4.74 Å². The summed E-state index contributed by atoms with van der Waals surface area (Å²) in [6.07, 6.45) is 6.00. The molecule has 4 aromatic heterocycles. The van der Waals surface area contributed by atoms with Crippen LogP contribution in [0, 0.1) is 0 Å². The molecule has 0 bridgehead atoms. The number of carboxylic acid groups (broad SMARTS) is 3. The van der Waals surface area contributed by atoms with Gasteiger partial charge in [-0.25, -0.2) is 34.0 Å².